The molecule has 0 amide bonds. The van der Waals surface area contributed by atoms with E-state index in [-0.39, 0.29) is 24.8 Å². The van der Waals surface area contributed by atoms with Crippen LogP contribution in [0, 0.1) is 13.8 Å². The number of nitrogens with zero attached hydrogens (tertiary/aromatic N) is 2. The summed E-state index contributed by atoms with van der Waals surface area (Å²) < 4.78 is 41.8. The van der Waals surface area contributed by atoms with Gasteiger partial charge in [0.2, 0.25) is 5.95 Å². The Bertz CT molecular complexity index is 1080. The van der Waals surface area contributed by atoms with Gasteiger partial charge in [0.05, 0.1) is 12.3 Å². The molecule has 1 aromatic heterocycles. The molecule has 0 fully saturated rings. The van der Waals surface area contributed by atoms with Crippen LogP contribution in [0.5, 0.6) is 5.75 Å². The molecule has 3 N–H and O–H groups in total. The molecule has 3 rings (SSSR count). The van der Waals surface area contributed by atoms with Gasteiger partial charge in [-0.05, 0) is 43.2 Å². The Morgan fingerprint density at radius 3 is 2.58 bits per heavy atom. The molecular formula is C21H20ClF3N4O2. The molecule has 0 aliphatic carbocycles. The maximum Gasteiger partial charge on any atom is 0.573 e. The number of anilines is 3. The summed E-state index contributed by atoms with van der Waals surface area (Å²) in [6, 6.07) is 10.8. The highest BCUT2D eigenvalue weighted by molar-refractivity contribution is 6.31. The number of hydrogen-bond donors (Lipinski definition) is 3. The van der Waals surface area contributed by atoms with Gasteiger partial charge in [-0.1, -0.05) is 29.8 Å². The summed E-state index contributed by atoms with van der Waals surface area (Å²) in [4.78, 5) is 8.73. The van der Waals surface area contributed by atoms with Crippen LogP contribution < -0.4 is 15.4 Å². The molecule has 3 aromatic rings. The van der Waals surface area contributed by atoms with Crippen molar-refractivity contribution in [2.45, 2.75) is 20.2 Å². The molecule has 0 bridgehead atoms. The molecule has 0 radical (unpaired) electrons. The molecule has 6 nitrogen and oxygen atoms in total. The summed E-state index contributed by atoms with van der Waals surface area (Å²) in [6.07, 6.45) is -4.80. The highest BCUT2D eigenvalue weighted by Gasteiger charge is 2.31. The van der Waals surface area contributed by atoms with Crippen molar-refractivity contribution in [3.63, 3.8) is 0 Å². The van der Waals surface area contributed by atoms with Crippen molar-refractivity contribution >= 4 is 29.1 Å². The van der Waals surface area contributed by atoms with Gasteiger partial charge in [0.1, 0.15) is 11.6 Å². The van der Waals surface area contributed by atoms with E-state index in [2.05, 4.69) is 25.3 Å². The number of ether oxygens (including phenoxy) is 1. The molecule has 0 atom stereocenters. The molecule has 164 valence electrons. The summed E-state index contributed by atoms with van der Waals surface area (Å²) in [5.74, 6) is 0.249. The van der Waals surface area contributed by atoms with Gasteiger partial charge in [0.15, 0.2) is 0 Å². The van der Waals surface area contributed by atoms with Crippen LogP contribution in [0.4, 0.5) is 30.6 Å². The van der Waals surface area contributed by atoms with Crippen molar-refractivity contribution in [2.75, 3.05) is 23.8 Å². The van der Waals surface area contributed by atoms with Gasteiger partial charge >= 0.3 is 6.36 Å². The molecule has 0 saturated heterocycles. The largest absolute Gasteiger partial charge is 0.573 e. The third kappa shape index (κ3) is 5.99. The van der Waals surface area contributed by atoms with Crippen molar-refractivity contribution in [1.82, 2.24) is 9.97 Å². The van der Waals surface area contributed by atoms with E-state index in [4.69, 9.17) is 16.7 Å². The summed E-state index contributed by atoms with van der Waals surface area (Å²) in [7, 11) is 0. The number of aliphatic hydroxyl groups is 1. The highest BCUT2D eigenvalue weighted by Crippen LogP contribution is 2.32. The van der Waals surface area contributed by atoms with Crippen LogP contribution in [0.2, 0.25) is 5.02 Å². The number of hydrogen-bond acceptors (Lipinski definition) is 6. The Hall–Kier alpha value is -3.04. The van der Waals surface area contributed by atoms with E-state index in [1.54, 1.807) is 18.2 Å². The third-order valence-corrected chi connectivity index (χ3v) is 4.75. The maximum absolute atomic E-state index is 12.6. The number of benzene rings is 2. The summed E-state index contributed by atoms with van der Waals surface area (Å²) >= 11 is 6.23. The normalized spacial score (nSPS) is 11.3. The lowest BCUT2D eigenvalue weighted by molar-refractivity contribution is -0.274. The van der Waals surface area contributed by atoms with Crippen molar-refractivity contribution in [3.8, 4) is 17.0 Å². The van der Waals surface area contributed by atoms with Gasteiger partial charge in [0.25, 0.3) is 0 Å². The van der Waals surface area contributed by atoms with Gasteiger partial charge in [-0.15, -0.1) is 13.2 Å². The Labute approximate surface area is 182 Å². The van der Waals surface area contributed by atoms with Crippen LogP contribution in [0.15, 0.2) is 42.5 Å². The fourth-order valence-corrected chi connectivity index (χ4v) is 3.06. The van der Waals surface area contributed by atoms with E-state index in [0.717, 1.165) is 16.8 Å². The van der Waals surface area contributed by atoms with E-state index in [9.17, 15) is 13.2 Å². The lowest BCUT2D eigenvalue weighted by Gasteiger charge is -2.15. The van der Waals surface area contributed by atoms with E-state index >= 15 is 0 Å². The summed E-state index contributed by atoms with van der Waals surface area (Å²) in [5.41, 5.74) is 3.29. The minimum absolute atomic E-state index is 0.141. The lowest BCUT2D eigenvalue weighted by atomic mass is 10.1. The number of aryl methyl sites for hydroxylation is 1. The Morgan fingerprint density at radius 2 is 1.87 bits per heavy atom. The zero-order valence-corrected chi connectivity index (χ0v) is 17.5. The van der Waals surface area contributed by atoms with Crippen LogP contribution in [-0.2, 0) is 0 Å². The molecule has 1 heterocycles. The summed E-state index contributed by atoms with van der Waals surface area (Å²) in [5, 5.41) is 15.8. The monoisotopic (exact) mass is 452 g/mol. The second kappa shape index (κ2) is 9.40. The van der Waals surface area contributed by atoms with Crippen LogP contribution in [0.25, 0.3) is 11.3 Å². The van der Waals surface area contributed by atoms with Crippen molar-refractivity contribution in [3.05, 3.63) is 58.6 Å². The summed E-state index contributed by atoms with van der Waals surface area (Å²) in [6.45, 7) is 3.84. The Kier molecular flexibility index (Phi) is 6.87. The molecule has 0 aliphatic rings. The number of halogens is 4. The minimum atomic E-state index is -4.80. The first kappa shape index (κ1) is 22.6. The SMILES string of the molecule is Cc1ccc(Cl)c(C)c1Nc1cc(-c2cccc(OC(F)(F)F)c2)nc(NCCO)n1. The second-order valence-corrected chi connectivity index (χ2v) is 7.08. The van der Waals surface area contributed by atoms with Gasteiger partial charge < -0.3 is 20.5 Å². The fraction of sp³-hybridized carbons (Fsp3) is 0.238. The average Bonchev–Trinajstić information content (AvgIpc) is 2.71. The Balaban J connectivity index is 2.02. The third-order valence-electron chi connectivity index (χ3n) is 4.34. The van der Waals surface area contributed by atoms with E-state index < -0.39 is 6.36 Å². The van der Waals surface area contributed by atoms with Crippen LogP contribution >= 0.6 is 11.6 Å². The number of rotatable bonds is 7. The predicted molar refractivity (Wildman–Crippen MR) is 114 cm³/mol. The molecule has 0 spiro atoms. The first-order valence-corrected chi connectivity index (χ1v) is 9.67. The number of nitrogens with one attached hydrogen (secondary N) is 2. The molecular weight excluding hydrogens is 433 g/mol. The van der Waals surface area contributed by atoms with E-state index in [1.165, 1.54) is 18.2 Å². The minimum Gasteiger partial charge on any atom is -0.406 e. The van der Waals surface area contributed by atoms with Crippen LogP contribution in [0.3, 0.4) is 0 Å². The van der Waals surface area contributed by atoms with Gasteiger partial charge in [-0.2, -0.15) is 4.98 Å². The number of alkyl halides is 3. The molecule has 0 saturated carbocycles. The maximum atomic E-state index is 12.6. The smallest absolute Gasteiger partial charge is 0.406 e. The highest BCUT2D eigenvalue weighted by atomic mass is 35.5. The quantitative estimate of drug-likeness (QED) is 0.441. The first-order chi connectivity index (χ1) is 14.7. The van der Waals surface area contributed by atoms with E-state index in [1.807, 2.05) is 19.9 Å². The van der Waals surface area contributed by atoms with Crippen molar-refractivity contribution < 1.29 is 23.0 Å². The fourth-order valence-electron chi connectivity index (χ4n) is 2.90. The number of aromatic nitrogens is 2. The van der Waals surface area contributed by atoms with Crippen molar-refractivity contribution in [2.24, 2.45) is 0 Å². The van der Waals surface area contributed by atoms with Gasteiger partial charge in [-0.25, -0.2) is 4.98 Å². The number of aliphatic hydroxyl groups excluding tert-OH is 1. The van der Waals surface area contributed by atoms with Crippen molar-refractivity contribution in [1.29, 1.82) is 0 Å². The van der Waals surface area contributed by atoms with Crippen LogP contribution in [-0.4, -0.2) is 34.6 Å². The first-order valence-electron chi connectivity index (χ1n) is 9.29. The molecule has 0 aliphatic heterocycles. The van der Waals surface area contributed by atoms with Gasteiger partial charge in [-0.3, -0.25) is 0 Å². The topological polar surface area (TPSA) is 79.3 Å². The predicted octanol–water partition coefficient (Wildman–Crippen LogP) is 5.46. The molecule has 31 heavy (non-hydrogen) atoms. The molecule has 2 aromatic carbocycles. The lowest BCUT2D eigenvalue weighted by Crippen LogP contribution is -2.17. The zero-order chi connectivity index (χ0) is 22.6. The molecule has 0 unspecified atom stereocenters. The van der Waals surface area contributed by atoms with E-state index in [0.29, 0.717) is 22.1 Å². The zero-order valence-electron chi connectivity index (χ0n) is 16.7. The average molecular weight is 453 g/mol. The Morgan fingerprint density at radius 1 is 1.10 bits per heavy atom. The standard InChI is InChI=1S/C21H20ClF3N4O2/c1-12-6-7-16(22)13(2)19(12)28-18-11-17(27-20(29-18)26-8-9-30)14-4-3-5-15(10-14)31-21(23,24)25/h3-7,10-11,30H,8-9H2,1-2H3,(H2,26,27,28,29). The molecule has 10 heteroatoms. The van der Waals surface area contributed by atoms with Crippen LogP contribution in [0.1, 0.15) is 11.1 Å². The van der Waals surface area contributed by atoms with Gasteiger partial charge in [0, 0.05) is 28.9 Å². The second-order valence-electron chi connectivity index (χ2n) is 6.68.